The number of methoxy groups -OCH3 is 3. The average molecular weight is 479 g/mol. The van der Waals surface area contributed by atoms with E-state index >= 15 is 0 Å². The van der Waals surface area contributed by atoms with Crippen LogP contribution in [0.4, 0.5) is 0 Å². The molecule has 0 saturated carbocycles. The van der Waals surface area contributed by atoms with Gasteiger partial charge < -0.3 is 19.3 Å². The lowest BCUT2D eigenvalue weighted by Crippen LogP contribution is -2.43. The topological polar surface area (TPSA) is 102 Å². The Bertz CT molecular complexity index is 1120. The summed E-state index contributed by atoms with van der Waals surface area (Å²) in [5.41, 5.74) is 2.69. The number of benzene rings is 2. The number of hydrogen-bond acceptors (Lipinski definition) is 6. The standard InChI is InChI=1S/C25H34O7S/c1-15(2)22-20-14-21(30-4)24(32-6)23(31-5)19(20)10-12-25(22,26)11-9-17-13-18(33(27,28)29)8-7-16(17)3/h7-8,13-15,22,26H,9-12H2,1-6H3,(H,27,28,29)/t22-,25-/m0/s1. The summed E-state index contributed by atoms with van der Waals surface area (Å²) in [6.07, 6.45) is 2.07. The van der Waals surface area contributed by atoms with Gasteiger partial charge in [-0.3, -0.25) is 4.55 Å². The fourth-order valence-electron chi connectivity index (χ4n) is 5.25. The smallest absolute Gasteiger partial charge is 0.294 e. The lowest BCUT2D eigenvalue weighted by Gasteiger charge is -2.44. The monoisotopic (exact) mass is 478 g/mol. The number of aryl methyl sites for hydroxylation is 2. The minimum absolute atomic E-state index is 0.127. The van der Waals surface area contributed by atoms with Crippen LogP contribution in [0.1, 0.15) is 54.9 Å². The highest BCUT2D eigenvalue weighted by Crippen LogP contribution is 2.53. The molecule has 0 unspecified atom stereocenters. The molecule has 0 saturated heterocycles. The molecule has 0 aliphatic heterocycles. The Kier molecular flexibility index (Phi) is 7.31. The van der Waals surface area contributed by atoms with E-state index in [0.29, 0.717) is 42.9 Å². The largest absolute Gasteiger partial charge is 0.493 e. The van der Waals surface area contributed by atoms with Gasteiger partial charge in [-0.1, -0.05) is 19.9 Å². The maximum absolute atomic E-state index is 11.9. The Balaban J connectivity index is 2.02. The summed E-state index contributed by atoms with van der Waals surface area (Å²) in [6.45, 7) is 6.06. The molecule has 0 amide bonds. The van der Waals surface area contributed by atoms with Crippen molar-refractivity contribution >= 4 is 10.1 Å². The van der Waals surface area contributed by atoms with Crippen LogP contribution in [0.15, 0.2) is 29.2 Å². The molecule has 7 nitrogen and oxygen atoms in total. The first-order chi connectivity index (χ1) is 15.5. The molecule has 3 rings (SSSR count). The lowest BCUT2D eigenvalue weighted by atomic mass is 9.65. The normalized spacial score (nSPS) is 20.5. The molecular formula is C25H34O7S. The van der Waals surface area contributed by atoms with E-state index in [9.17, 15) is 18.1 Å². The summed E-state index contributed by atoms with van der Waals surface area (Å²) >= 11 is 0. The van der Waals surface area contributed by atoms with Gasteiger partial charge in [-0.05, 0) is 73.4 Å². The second-order valence-corrected chi connectivity index (χ2v) is 10.5. The highest BCUT2D eigenvalue weighted by molar-refractivity contribution is 7.85. The van der Waals surface area contributed by atoms with Crippen LogP contribution < -0.4 is 14.2 Å². The zero-order chi connectivity index (χ0) is 24.6. The third-order valence-electron chi connectivity index (χ3n) is 6.80. The molecule has 2 aromatic rings. The molecule has 2 N–H and O–H groups in total. The van der Waals surface area contributed by atoms with Crippen LogP contribution >= 0.6 is 0 Å². The van der Waals surface area contributed by atoms with E-state index in [-0.39, 0.29) is 16.7 Å². The van der Waals surface area contributed by atoms with Gasteiger partial charge in [0.15, 0.2) is 11.5 Å². The minimum Gasteiger partial charge on any atom is -0.493 e. The van der Waals surface area contributed by atoms with Crippen LogP contribution in [-0.4, -0.2) is 45.0 Å². The number of hydrogen-bond donors (Lipinski definition) is 2. The minimum atomic E-state index is -4.29. The van der Waals surface area contributed by atoms with Crippen molar-refractivity contribution < 1.29 is 32.3 Å². The van der Waals surface area contributed by atoms with Crippen molar-refractivity contribution in [2.75, 3.05) is 21.3 Å². The van der Waals surface area contributed by atoms with Gasteiger partial charge in [0.25, 0.3) is 10.1 Å². The maximum Gasteiger partial charge on any atom is 0.294 e. The summed E-state index contributed by atoms with van der Waals surface area (Å²) in [5.74, 6) is 1.68. The summed E-state index contributed by atoms with van der Waals surface area (Å²) in [6, 6.07) is 6.50. The first-order valence-electron chi connectivity index (χ1n) is 11.1. The molecule has 0 radical (unpaired) electrons. The Labute approximate surface area is 196 Å². The van der Waals surface area contributed by atoms with E-state index < -0.39 is 15.7 Å². The zero-order valence-corrected chi connectivity index (χ0v) is 21.0. The molecule has 0 spiro atoms. The quantitative estimate of drug-likeness (QED) is 0.545. The molecule has 2 atom stereocenters. The molecule has 33 heavy (non-hydrogen) atoms. The molecular weight excluding hydrogens is 444 g/mol. The third-order valence-corrected chi connectivity index (χ3v) is 7.65. The lowest BCUT2D eigenvalue weighted by molar-refractivity contribution is -0.0247. The van der Waals surface area contributed by atoms with E-state index in [0.717, 1.165) is 22.3 Å². The summed E-state index contributed by atoms with van der Waals surface area (Å²) in [4.78, 5) is -0.133. The van der Waals surface area contributed by atoms with E-state index in [2.05, 4.69) is 13.8 Å². The number of aliphatic hydroxyl groups is 1. The molecule has 2 aromatic carbocycles. The molecule has 182 valence electrons. The SMILES string of the molecule is COc1cc2c(c(OC)c1OC)CC[C@@](O)(CCc1cc(S(=O)(=O)O)ccc1C)[C@H]2C(C)C. The van der Waals surface area contributed by atoms with Gasteiger partial charge in [-0.15, -0.1) is 0 Å². The van der Waals surface area contributed by atoms with Crippen molar-refractivity contribution in [3.05, 3.63) is 46.5 Å². The molecule has 0 fully saturated rings. The second-order valence-electron chi connectivity index (χ2n) is 9.10. The second kappa shape index (κ2) is 9.52. The highest BCUT2D eigenvalue weighted by Gasteiger charge is 2.45. The molecule has 1 aliphatic carbocycles. The van der Waals surface area contributed by atoms with Gasteiger partial charge in [-0.2, -0.15) is 8.42 Å². The van der Waals surface area contributed by atoms with Gasteiger partial charge in [-0.25, -0.2) is 0 Å². The van der Waals surface area contributed by atoms with Crippen molar-refractivity contribution in [1.82, 2.24) is 0 Å². The Morgan fingerprint density at radius 2 is 1.76 bits per heavy atom. The van der Waals surface area contributed by atoms with Crippen molar-refractivity contribution in [1.29, 1.82) is 0 Å². The van der Waals surface area contributed by atoms with Crippen molar-refractivity contribution in [2.24, 2.45) is 5.92 Å². The Hall–Kier alpha value is -2.29. The predicted octanol–water partition coefficient (Wildman–Crippen LogP) is 4.32. The van der Waals surface area contributed by atoms with E-state index in [1.807, 2.05) is 13.0 Å². The molecule has 1 aliphatic rings. The molecule has 8 heteroatoms. The highest BCUT2D eigenvalue weighted by atomic mass is 32.2. The average Bonchev–Trinajstić information content (AvgIpc) is 2.75. The van der Waals surface area contributed by atoms with Crippen molar-refractivity contribution in [3.8, 4) is 17.2 Å². The maximum atomic E-state index is 11.9. The van der Waals surface area contributed by atoms with Gasteiger partial charge in [0, 0.05) is 11.5 Å². The molecule has 0 heterocycles. The fraction of sp³-hybridized carbons (Fsp3) is 0.520. The van der Waals surface area contributed by atoms with Crippen LogP contribution in [-0.2, 0) is 23.0 Å². The van der Waals surface area contributed by atoms with Crippen LogP contribution in [0, 0.1) is 12.8 Å². The van der Waals surface area contributed by atoms with Gasteiger partial charge in [0.1, 0.15) is 0 Å². The van der Waals surface area contributed by atoms with Crippen molar-refractivity contribution in [2.45, 2.75) is 62.9 Å². The number of fused-ring (bicyclic) bond motifs is 1. The van der Waals surface area contributed by atoms with E-state index in [4.69, 9.17) is 14.2 Å². The summed E-state index contributed by atoms with van der Waals surface area (Å²) in [7, 11) is 0.472. The molecule has 0 bridgehead atoms. The number of ether oxygens (including phenoxy) is 3. The third kappa shape index (κ3) is 4.83. The summed E-state index contributed by atoms with van der Waals surface area (Å²) < 4.78 is 49.4. The zero-order valence-electron chi connectivity index (χ0n) is 20.1. The van der Waals surface area contributed by atoms with Gasteiger partial charge in [0.2, 0.25) is 5.75 Å². The molecule has 0 aromatic heterocycles. The van der Waals surface area contributed by atoms with Crippen LogP contribution in [0.25, 0.3) is 0 Å². The Morgan fingerprint density at radius 3 is 2.30 bits per heavy atom. The van der Waals surface area contributed by atoms with E-state index in [1.54, 1.807) is 27.4 Å². The van der Waals surface area contributed by atoms with Crippen LogP contribution in [0.3, 0.4) is 0 Å². The van der Waals surface area contributed by atoms with Crippen molar-refractivity contribution in [3.63, 3.8) is 0 Å². The Morgan fingerprint density at radius 1 is 1.09 bits per heavy atom. The first-order valence-corrected chi connectivity index (χ1v) is 12.5. The van der Waals surface area contributed by atoms with Crippen LogP contribution in [0.5, 0.6) is 17.2 Å². The van der Waals surface area contributed by atoms with Gasteiger partial charge >= 0.3 is 0 Å². The number of rotatable bonds is 8. The predicted molar refractivity (Wildman–Crippen MR) is 126 cm³/mol. The fourth-order valence-corrected chi connectivity index (χ4v) is 5.78. The van der Waals surface area contributed by atoms with E-state index in [1.165, 1.54) is 12.1 Å². The summed E-state index contributed by atoms with van der Waals surface area (Å²) in [5, 5.41) is 11.9. The van der Waals surface area contributed by atoms with Crippen LogP contribution in [0.2, 0.25) is 0 Å². The van der Waals surface area contributed by atoms with Gasteiger partial charge in [0.05, 0.1) is 31.8 Å². The first kappa shape index (κ1) is 25.3.